The first-order valence-corrected chi connectivity index (χ1v) is 7.00. The van der Waals surface area contributed by atoms with E-state index < -0.39 is 0 Å². The van der Waals surface area contributed by atoms with Gasteiger partial charge in [-0.3, -0.25) is 4.67 Å². The van der Waals surface area contributed by atoms with Crippen LogP contribution in [0.25, 0.3) is 0 Å². The molecule has 1 aliphatic rings. The molecule has 0 aromatic rings. The molecule has 0 radical (unpaired) electrons. The first kappa shape index (κ1) is 11.6. The number of imide groups is 1. The molecule has 0 aromatic heterocycles. The summed E-state index contributed by atoms with van der Waals surface area (Å²) in [6, 6.07) is -0.497. The molecule has 0 spiro atoms. The Balaban J connectivity index is 2.83. The van der Waals surface area contributed by atoms with Crippen molar-refractivity contribution in [3.63, 3.8) is 0 Å². The zero-order valence-corrected chi connectivity index (χ0v) is 10.2. The SMILES string of the molecule is CCN1C(=O)NC(SC)N(PC)C1=O. The molecule has 2 atom stereocenters. The van der Waals surface area contributed by atoms with Crippen LogP contribution in [0, 0.1) is 0 Å². The Bertz CT molecular complexity index is 251. The summed E-state index contributed by atoms with van der Waals surface area (Å²) in [5.41, 5.74) is -0.221. The summed E-state index contributed by atoms with van der Waals surface area (Å²) in [7, 11) is 0.360. The molecule has 14 heavy (non-hydrogen) atoms. The standard InChI is InChI=1S/C7H14N3O2PS/c1-4-9-5(11)8-6(14-3)10(13-2)7(9)12/h6,13H,4H2,1-3H3,(H,8,11). The van der Waals surface area contributed by atoms with Crippen LogP contribution in [-0.2, 0) is 0 Å². The van der Waals surface area contributed by atoms with Gasteiger partial charge < -0.3 is 5.32 Å². The van der Waals surface area contributed by atoms with Crippen molar-refractivity contribution in [3.05, 3.63) is 0 Å². The quantitative estimate of drug-likeness (QED) is 0.751. The molecule has 0 aliphatic carbocycles. The van der Waals surface area contributed by atoms with Crippen LogP contribution in [0.15, 0.2) is 0 Å². The van der Waals surface area contributed by atoms with Crippen molar-refractivity contribution >= 4 is 32.6 Å². The minimum atomic E-state index is -0.300. The fourth-order valence-corrected chi connectivity index (χ4v) is 2.98. The van der Waals surface area contributed by atoms with Gasteiger partial charge in [-0.05, 0) is 28.6 Å². The van der Waals surface area contributed by atoms with Gasteiger partial charge in [0.1, 0.15) is 0 Å². The number of nitrogens with zero attached hydrogens (tertiary/aromatic N) is 2. The van der Waals surface area contributed by atoms with Gasteiger partial charge in [-0.1, -0.05) is 0 Å². The highest BCUT2D eigenvalue weighted by atomic mass is 32.2. The maximum Gasteiger partial charge on any atom is 0.333 e. The van der Waals surface area contributed by atoms with E-state index in [0.29, 0.717) is 15.3 Å². The molecular formula is C7H14N3O2PS. The third-order valence-corrected chi connectivity index (χ3v) is 3.84. The van der Waals surface area contributed by atoms with E-state index in [1.165, 1.54) is 16.7 Å². The Morgan fingerprint density at radius 1 is 1.57 bits per heavy atom. The predicted molar refractivity (Wildman–Crippen MR) is 59.7 cm³/mol. The third kappa shape index (κ3) is 1.96. The molecule has 1 saturated heterocycles. The van der Waals surface area contributed by atoms with E-state index in [2.05, 4.69) is 5.32 Å². The first-order valence-electron chi connectivity index (χ1n) is 4.27. The second kappa shape index (κ2) is 4.84. The van der Waals surface area contributed by atoms with Gasteiger partial charge in [-0.15, -0.1) is 11.8 Å². The summed E-state index contributed by atoms with van der Waals surface area (Å²) in [5, 5.41) is 2.76. The molecule has 0 saturated carbocycles. The molecule has 0 bridgehead atoms. The Hall–Kier alpha value is -0.480. The Morgan fingerprint density at radius 2 is 2.21 bits per heavy atom. The number of hydrogen-bond donors (Lipinski definition) is 1. The molecule has 80 valence electrons. The largest absolute Gasteiger partial charge is 0.333 e. The van der Waals surface area contributed by atoms with Crippen LogP contribution < -0.4 is 5.32 Å². The van der Waals surface area contributed by atoms with Gasteiger partial charge in [0.15, 0.2) is 5.50 Å². The predicted octanol–water partition coefficient (Wildman–Crippen LogP) is 1.32. The second-order valence-electron chi connectivity index (χ2n) is 2.66. The van der Waals surface area contributed by atoms with Crippen molar-refractivity contribution in [2.24, 2.45) is 0 Å². The minimum Gasteiger partial charge on any atom is -0.308 e. The van der Waals surface area contributed by atoms with Gasteiger partial charge in [0.25, 0.3) is 0 Å². The van der Waals surface area contributed by atoms with Gasteiger partial charge in [0.05, 0.1) is 0 Å². The smallest absolute Gasteiger partial charge is 0.308 e. The van der Waals surface area contributed by atoms with Crippen LogP contribution in [0.3, 0.4) is 0 Å². The molecule has 2 unspecified atom stereocenters. The lowest BCUT2D eigenvalue weighted by atomic mass is 10.5. The van der Waals surface area contributed by atoms with Crippen LogP contribution in [0.4, 0.5) is 9.59 Å². The van der Waals surface area contributed by atoms with Gasteiger partial charge >= 0.3 is 12.1 Å². The van der Waals surface area contributed by atoms with Crippen LogP contribution in [0.2, 0.25) is 0 Å². The van der Waals surface area contributed by atoms with Gasteiger partial charge in [0.2, 0.25) is 0 Å². The highest BCUT2D eigenvalue weighted by Crippen LogP contribution is 2.27. The number of nitrogens with one attached hydrogen (secondary N) is 1. The van der Waals surface area contributed by atoms with E-state index in [1.807, 2.05) is 12.9 Å². The van der Waals surface area contributed by atoms with E-state index >= 15 is 0 Å². The topological polar surface area (TPSA) is 52.7 Å². The Labute approximate surface area is 89.4 Å². The van der Waals surface area contributed by atoms with Crippen molar-refractivity contribution in [1.29, 1.82) is 0 Å². The molecule has 7 heteroatoms. The van der Waals surface area contributed by atoms with Crippen LogP contribution in [-0.4, -0.2) is 46.6 Å². The summed E-state index contributed by atoms with van der Waals surface area (Å²) in [6.45, 7) is 4.12. The van der Waals surface area contributed by atoms with Crippen molar-refractivity contribution in [2.75, 3.05) is 19.5 Å². The van der Waals surface area contributed by atoms with Gasteiger partial charge in [0, 0.05) is 6.54 Å². The number of carbonyl (C=O) groups excluding carboxylic acids is 2. The third-order valence-electron chi connectivity index (χ3n) is 1.94. The molecule has 1 heterocycles. The molecule has 1 N–H and O–H groups in total. The maximum atomic E-state index is 11.8. The zero-order valence-electron chi connectivity index (χ0n) is 8.40. The number of urea groups is 2. The highest BCUT2D eigenvalue weighted by molar-refractivity contribution is 7.99. The van der Waals surface area contributed by atoms with Crippen LogP contribution in [0.5, 0.6) is 0 Å². The number of thioether (sulfide) groups is 1. The summed E-state index contributed by atoms with van der Waals surface area (Å²) >= 11 is 1.45. The minimum absolute atomic E-state index is 0.198. The Morgan fingerprint density at radius 3 is 2.64 bits per heavy atom. The fraction of sp³-hybridized carbons (Fsp3) is 0.714. The molecular weight excluding hydrogens is 221 g/mol. The van der Waals surface area contributed by atoms with Crippen molar-refractivity contribution in [2.45, 2.75) is 12.4 Å². The van der Waals surface area contributed by atoms with Crippen molar-refractivity contribution < 1.29 is 9.59 Å². The van der Waals surface area contributed by atoms with E-state index in [1.54, 1.807) is 11.6 Å². The number of rotatable bonds is 3. The number of carbonyl (C=O) groups is 2. The van der Waals surface area contributed by atoms with E-state index in [4.69, 9.17) is 0 Å². The first-order chi connectivity index (χ1) is 6.65. The molecule has 1 rings (SSSR count). The molecule has 5 nitrogen and oxygen atoms in total. The normalized spacial score (nSPS) is 23.5. The van der Waals surface area contributed by atoms with Crippen LogP contribution >= 0.6 is 20.5 Å². The summed E-state index contributed by atoms with van der Waals surface area (Å²) in [4.78, 5) is 24.4. The average Bonchev–Trinajstić information content (AvgIpc) is 2.17. The Kier molecular flexibility index (Phi) is 4.01. The van der Waals surface area contributed by atoms with Gasteiger partial charge in [-0.2, -0.15) is 0 Å². The molecule has 0 aromatic carbocycles. The lowest BCUT2D eigenvalue weighted by Crippen LogP contribution is -2.60. The fourth-order valence-electron chi connectivity index (χ4n) is 1.22. The monoisotopic (exact) mass is 235 g/mol. The van der Waals surface area contributed by atoms with Gasteiger partial charge in [-0.25, -0.2) is 14.5 Å². The summed E-state index contributed by atoms with van der Waals surface area (Å²) in [6.07, 6.45) is 1.87. The molecule has 1 aliphatic heterocycles. The van der Waals surface area contributed by atoms with Crippen molar-refractivity contribution in [1.82, 2.24) is 14.9 Å². The maximum absolute atomic E-state index is 11.8. The zero-order chi connectivity index (χ0) is 10.7. The molecule has 1 fully saturated rings. The second-order valence-corrected chi connectivity index (χ2v) is 4.50. The van der Waals surface area contributed by atoms with Crippen molar-refractivity contribution in [3.8, 4) is 0 Å². The number of hydrogen-bond acceptors (Lipinski definition) is 3. The number of amides is 4. The summed E-state index contributed by atoms with van der Waals surface area (Å²) < 4.78 is 1.66. The lowest BCUT2D eigenvalue weighted by Gasteiger charge is -2.38. The lowest BCUT2D eigenvalue weighted by molar-refractivity contribution is 0.155. The summed E-state index contributed by atoms with van der Waals surface area (Å²) in [5.74, 6) is 0. The average molecular weight is 235 g/mol. The van der Waals surface area contributed by atoms with E-state index in [-0.39, 0.29) is 17.6 Å². The highest BCUT2D eigenvalue weighted by Gasteiger charge is 2.36. The van der Waals surface area contributed by atoms with E-state index in [0.717, 1.165) is 0 Å². The van der Waals surface area contributed by atoms with Crippen LogP contribution in [0.1, 0.15) is 6.92 Å². The molecule has 4 amide bonds. The van der Waals surface area contributed by atoms with E-state index in [9.17, 15) is 9.59 Å².